The third-order valence-corrected chi connectivity index (χ3v) is 5.36. The fourth-order valence-electron chi connectivity index (χ4n) is 1.31. The maximum Gasteiger partial charge on any atom is 0.322 e. The summed E-state index contributed by atoms with van der Waals surface area (Å²) in [4.78, 5) is 21.3. The van der Waals surface area contributed by atoms with Gasteiger partial charge in [0.1, 0.15) is 6.54 Å². The molecule has 0 saturated carbocycles. The number of nitrogens with one attached hydrogen (secondary N) is 1. The van der Waals surface area contributed by atoms with Crippen LogP contribution in [-0.4, -0.2) is 54.5 Å². The quantitative estimate of drug-likeness (QED) is 0.670. The number of aliphatic carboxylic acids is 1. The van der Waals surface area contributed by atoms with Gasteiger partial charge in [-0.1, -0.05) is 0 Å². The maximum atomic E-state index is 11.1. The number of carboxylic acids is 1. The van der Waals surface area contributed by atoms with E-state index in [0.717, 1.165) is 0 Å². The van der Waals surface area contributed by atoms with Crippen LogP contribution in [0.3, 0.4) is 0 Å². The summed E-state index contributed by atoms with van der Waals surface area (Å²) in [7, 11) is -2.92. The van der Waals surface area contributed by atoms with Crippen LogP contribution in [0.1, 0.15) is 6.42 Å². The van der Waals surface area contributed by atoms with Gasteiger partial charge < -0.3 is 10.4 Å². The molecule has 2 N–H and O–H groups in total. The van der Waals surface area contributed by atoms with E-state index in [1.807, 2.05) is 0 Å². The molecule has 1 rings (SSSR count). The summed E-state index contributed by atoms with van der Waals surface area (Å²) < 4.78 is 22.2. The molecule has 1 aliphatic rings. The average Bonchev–Trinajstić information content (AvgIpc) is 2.52. The zero-order valence-corrected chi connectivity index (χ0v) is 10.1. The van der Waals surface area contributed by atoms with Crippen molar-refractivity contribution >= 4 is 33.5 Å². The van der Waals surface area contributed by atoms with E-state index in [4.69, 9.17) is 5.11 Å². The fraction of sp³-hybridized carbons (Fsp3) is 0.750. The first-order chi connectivity index (χ1) is 7.39. The second kappa shape index (κ2) is 5.53. The molecule has 1 heterocycles. The lowest BCUT2D eigenvalue weighted by Gasteiger charge is -2.06. The van der Waals surface area contributed by atoms with Gasteiger partial charge in [0.25, 0.3) is 0 Å². The Hall–Kier alpha value is -0.760. The van der Waals surface area contributed by atoms with Crippen molar-refractivity contribution in [3.05, 3.63) is 0 Å². The molecule has 1 aliphatic heterocycles. The highest BCUT2D eigenvalue weighted by Crippen LogP contribution is 2.23. The van der Waals surface area contributed by atoms with Crippen LogP contribution in [0.25, 0.3) is 0 Å². The second-order valence-corrected chi connectivity index (χ2v) is 7.02. The third-order valence-electron chi connectivity index (χ3n) is 2.08. The van der Waals surface area contributed by atoms with Gasteiger partial charge in [0.2, 0.25) is 5.91 Å². The van der Waals surface area contributed by atoms with Crippen LogP contribution in [-0.2, 0) is 19.4 Å². The Balaban J connectivity index is 2.20. The molecule has 1 unspecified atom stereocenters. The molecule has 0 bridgehead atoms. The van der Waals surface area contributed by atoms with Crippen LogP contribution in [0.15, 0.2) is 0 Å². The van der Waals surface area contributed by atoms with Crippen molar-refractivity contribution in [3.63, 3.8) is 0 Å². The summed E-state index contributed by atoms with van der Waals surface area (Å²) >= 11 is 1.26. The number of rotatable bonds is 5. The first kappa shape index (κ1) is 13.3. The van der Waals surface area contributed by atoms with E-state index < -0.39 is 22.4 Å². The van der Waals surface area contributed by atoms with Crippen molar-refractivity contribution in [2.75, 3.05) is 23.8 Å². The average molecular weight is 267 g/mol. The molecular formula is C8H13NO5S2. The third kappa shape index (κ3) is 4.84. The predicted molar refractivity (Wildman–Crippen MR) is 60.2 cm³/mol. The van der Waals surface area contributed by atoms with Gasteiger partial charge in [-0.3, -0.25) is 9.59 Å². The van der Waals surface area contributed by atoms with Crippen LogP contribution in [0.5, 0.6) is 0 Å². The van der Waals surface area contributed by atoms with E-state index in [0.29, 0.717) is 6.42 Å². The number of carbonyl (C=O) groups excluding carboxylic acids is 1. The molecule has 1 amide bonds. The monoisotopic (exact) mass is 267 g/mol. The standard InChI is InChI=1S/C8H13NO5S2/c10-7(9-3-8(11)12)4-15-6-1-2-16(13,14)5-6/h6H,1-5H2,(H,9,10)(H,11,12). The molecule has 6 nitrogen and oxygen atoms in total. The molecule has 1 fully saturated rings. The number of hydrogen-bond acceptors (Lipinski definition) is 5. The summed E-state index contributed by atoms with van der Waals surface area (Å²) in [6.07, 6.45) is 0.569. The van der Waals surface area contributed by atoms with Gasteiger partial charge in [-0.05, 0) is 6.42 Å². The number of hydrogen-bond donors (Lipinski definition) is 2. The maximum absolute atomic E-state index is 11.1. The molecule has 16 heavy (non-hydrogen) atoms. The molecule has 0 aliphatic carbocycles. The first-order valence-corrected chi connectivity index (χ1v) is 7.56. The van der Waals surface area contributed by atoms with Gasteiger partial charge in [0, 0.05) is 5.25 Å². The van der Waals surface area contributed by atoms with Crippen molar-refractivity contribution < 1.29 is 23.1 Å². The summed E-state index contributed by atoms with van der Waals surface area (Å²) in [5.41, 5.74) is 0. The Bertz CT molecular complexity index is 378. The Labute approximate surface area is 97.7 Å². The number of amides is 1. The van der Waals surface area contributed by atoms with Crippen LogP contribution in [0, 0.1) is 0 Å². The predicted octanol–water partition coefficient (Wildman–Crippen LogP) is -0.892. The minimum Gasteiger partial charge on any atom is -0.480 e. The Kier molecular flexibility index (Phi) is 4.60. The minimum absolute atomic E-state index is 0.0411. The van der Waals surface area contributed by atoms with Crippen LogP contribution in [0.2, 0.25) is 0 Å². The van der Waals surface area contributed by atoms with Gasteiger partial charge in [-0.15, -0.1) is 11.8 Å². The number of sulfone groups is 1. The number of carbonyl (C=O) groups is 2. The lowest BCUT2D eigenvalue weighted by Crippen LogP contribution is -2.31. The van der Waals surface area contributed by atoms with E-state index in [2.05, 4.69) is 5.32 Å². The second-order valence-electron chi connectivity index (χ2n) is 3.51. The highest BCUT2D eigenvalue weighted by molar-refractivity contribution is 8.02. The van der Waals surface area contributed by atoms with Gasteiger partial charge in [0.05, 0.1) is 17.3 Å². The zero-order chi connectivity index (χ0) is 12.2. The van der Waals surface area contributed by atoms with Gasteiger partial charge in [-0.25, -0.2) is 8.42 Å². The topological polar surface area (TPSA) is 101 Å². The summed E-state index contributed by atoms with van der Waals surface area (Å²) in [5, 5.41) is 10.5. The Morgan fingerprint density at radius 3 is 2.62 bits per heavy atom. The molecule has 8 heteroatoms. The first-order valence-electron chi connectivity index (χ1n) is 4.69. The highest BCUT2D eigenvalue weighted by Gasteiger charge is 2.28. The number of carboxylic acid groups (broad SMARTS) is 1. The van der Waals surface area contributed by atoms with Crippen molar-refractivity contribution in [3.8, 4) is 0 Å². The SMILES string of the molecule is O=C(O)CNC(=O)CSC1CCS(=O)(=O)C1. The van der Waals surface area contributed by atoms with Gasteiger partial charge >= 0.3 is 5.97 Å². The van der Waals surface area contributed by atoms with Crippen molar-refractivity contribution in [2.24, 2.45) is 0 Å². The summed E-state index contributed by atoms with van der Waals surface area (Å²) in [6.45, 7) is -0.400. The van der Waals surface area contributed by atoms with Gasteiger partial charge in [0.15, 0.2) is 9.84 Å². The van der Waals surface area contributed by atoms with Crippen molar-refractivity contribution in [2.45, 2.75) is 11.7 Å². The van der Waals surface area contributed by atoms with Crippen molar-refractivity contribution in [1.29, 1.82) is 0 Å². The van der Waals surface area contributed by atoms with Crippen LogP contribution >= 0.6 is 11.8 Å². The van der Waals surface area contributed by atoms with Gasteiger partial charge in [-0.2, -0.15) is 0 Å². The van der Waals surface area contributed by atoms with E-state index in [1.165, 1.54) is 11.8 Å². The fourth-order valence-corrected chi connectivity index (χ4v) is 4.78. The molecule has 1 saturated heterocycles. The molecule has 0 spiro atoms. The molecule has 92 valence electrons. The minimum atomic E-state index is -2.92. The molecular weight excluding hydrogens is 254 g/mol. The smallest absolute Gasteiger partial charge is 0.322 e. The Morgan fingerprint density at radius 1 is 1.44 bits per heavy atom. The van der Waals surface area contributed by atoms with E-state index in [1.54, 1.807) is 0 Å². The zero-order valence-electron chi connectivity index (χ0n) is 8.51. The molecule has 1 atom stereocenters. The van der Waals surface area contributed by atoms with E-state index >= 15 is 0 Å². The Morgan fingerprint density at radius 2 is 2.12 bits per heavy atom. The highest BCUT2D eigenvalue weighted by atomic mass is 32.2. The normalized spacial score (nSPS) is 22.9. The number of thioether (sulfide) groups is 1. The van der Waals surface area contributed by atoms with Crippen molar-refractivity contribution in [1.82, 2.24) is 5.32 Å². The van der Waals surface area contributed by atoms with Crippen LogP contribution in [0.4, 0.5) is 0 Å². The van der Waals surface area contributed by atoms with E-state index in [-0.39, 0.29) is 28.4 Å². The lowest BCUT2D eigenvalue weighted by molar-refractivity contribution is -0.137. The van der Waals surface area contributed by atoms with Crippen LogP contribution < -0.4 is 5.32 Å². The molecule has 0 radical (unpaired) electrons. The lowest BCUT2D eigenvalue weighted by atomic mass is 10.4. The summed E-state index contributed by atoms with van der Waals surface area (Å²) in [5.74, 6) is -1.07. The molecule has 0 aromatic heterocycles. The van der Waals surface area contributed by atoms with E-state index in [9.17, 15) is 18.0 Å². The summed E-state index contributed by atoms with van der Waals surface area (Å²) in [6, 6.07) is 0. The molecule has 0 aromatic carbocycles. The molecule has 0 aromatic rings. The largest absolute Gasteiger partial charge is 0.480 e.